The number of carbonyl (C=O) groups is 1. The van der Waals surface area contributed by atoms with E-state index in [0.717, 1.165) is 5.56 Å². The molecule has 0 aliphatic rings. The van der Waals surface area contributed by atoms with E-state index in [-0.39, 0.29) is 17.4 Å². The van der Waals surface area contributed by atoms with Gasteiger partial charge >= 0.3 is 0 Å². The van der Waals surface area contributed by atoms with Gasteiger partial charge in [0.15, 0.2) is 11.5 Å². The van der Waals surface area contributed by atoms with Gasteiger partial charge in [0.1, 0.15) is 5.82 Å². The number of hydrogen-bond acceptors (Lipinski definition) is 4. The minimum Gasteiger partial charge on any atom is -0.347 e. The molecule has 0 aliphatic heterocycles. The minimum absolute atomic E-state index is 0.191. The second kappa shape index (κ2) is 7.72. The Labute approximate surface area is 148 Å². The third-order valence-electron chi connectivity index (χ3n) is 3.41. The summed E-state index contributed by atoms with van der Waals surface area (Å²) in [5, 5.41) is 14.2. The average molecular weight is 357 g/mol. The summed E-state index contributed by atoms with van der Waals surface area (Å²) in [6.07, 6.45) is 0. The van der Waals surface area contributed by atoms with Crippen LogP contribution in [0.3, 0.4) is 0 Å². The van der Waals surface area contributed by atoms with E-state index < -0.39 is 0 Å². The average Bonchev–Trinajstić information content (AvgIpc) is 2.63. The van der Waals surface area contributed by atoms with E-state index in [1.807, 2.05) is 18.2 Å². The lowest BCUT2D eigenvalue weighted by Gasteiger charge is -2.07. The number of benzene rings is 2. The van der Waals surface area contributed by atoms with Crippen LogP contribution in [0.4, 0.5) is 15.9 Å². The van der Waals surface area contributed by atoms with Crippen molar-refractivity contribution in [2.24, 2.45) is 0 Å². The summed E-state index contributed by atoms with van der Waals surface area (Å²) < 4.78 is 12.9. The van der Waals surface area contributed by atoms with E-state index in [2.05, 4.69) is 20.8 Å². The summed E-state index contributed by atoms with van der Waals surface area (Å²) in [7, 11) is 0. The number of amides is 1. The molecule has 0 saturated carbocycles. The second-order valence-electron chi connectivity index (χ2n) is 5.21. The summed E-state index contributed by atoms with van der Waals surface area (Å²) in [6.45, 7) is 0.301. The zero-order chi connectivity index (χ0) is 17.6. The smallest absolute Gasteiger partial charge is 0.272 e. The van der Waals surface area contributed by atoms with Crippen molar-refractivity contribution in [3.05, 3.63) is 82.8 Å². The lowest BCUT2D eigenvalue weighted by atomic mass is 10.2. The standard InChI is InChI=1S/C18H14ClFN4O/c19-15-4-2-1-3-12(15)11-21-18(25)16-9-10-17(24-23-16)22-14-7-5-13(20)6-8-14/h1-10H,11H2,(H,21,25)(H,22,24). The van der Waals surface area contributed by atoms with Gasteiger partial charge in [-0.25, -0.2) is 4.39 Å². The van der Waals surface area contributed by atoms with Gasteiger partial charge in [0, 0.05) is 17.3 Å². The van der Waals surface area contributed by atoms with Crippen molar-refractivity contribution in [3.8, 4) is 0 Å². The maximum absolute atomic E-state index is 12.9. The lowest BCUT2D eigenvalue weighted by molar-refractivity contribution is 0.0945. The van der Waals surface area contributed by atoms with Gasteiger partial charge in [0.25, 0.3) is 5.91 Å². The maximum atomic E-state index is 12.9. The number of hydrogen-bond donors (Lipinski definition) is 2. The van der Waals surface area contributed by atoms with Gasteiger partial charge in [-0.15, -0.1) is 10.2 Å². The monoisotopic (exact) mass is 356 g/mol. The van der Waals surface area contributed by atoms with E-state index in [4.69, 9.17) is 11.6 Å². The van der Waals surface area contributed by atoms with Gasteiger partial charge in [0.05, 0.1) is 0 Å². The Morgan fingerprint density at radius 3 is 2.44 bits per heavy atom. The molecule has 3 aromatic rings. The van der Waals surface area contributed by atoms with Crippen LogP contribution in [0.1, 0.15) is 16.1 Å². The van der Waals surface area contributed by atoms with Crippen LogP contribution < -0.4 is 10.6 Å². The Morgan fingerprint density at radius 2 is 1.76 bits per heavy atom. The Morgan fingerprint density at radius 1 is 1.00 bits per heavy atom. The van der Waals surface area contributed by atoms with Crippen LogP contribution in [0, 0.1) is 5.82 Å². The summed E-state index contributed by atoms with van der Waals surface area (Å²) in [5.74, 6) is -0.211. The first kappa shape index (κ1) is 16.9. The number of aromatic nitrogens is 2. The number of nitrogens with zero attached hydrogens (tertiary/aromatic N) is 2. The van der Waals surface area contributed by atoms with Crippen LogP contribution in [0.2, 0.25) is 5.02 Å². The van der Waals surface area contributed by atoms with E-state index >= 15 is 0 Å². The highest BCUT2D eigenvalue weighted by Crippen LogP contribution is 2.15. The molecule has 2 aromatic carbocycles. The molecule has 1 heterocycles. The molecule has 0 bridgehead atoms. The predicted octanol–water partition coefficient (Wildman–Crippen LogP) is 3.94. The Balaban J connectivity index is 1.60. The fourth-order valence-electron chi connectivity index (χ4n) is 2.11. The molecule has 2 N–H and O–H groups in total. The molecule has 0 spiro atoms. The number of carbonyl (C=O) groups excluding carboxylic acids is 1. The molecule has 7 heteroatoms. The number of anilines is 2. The SMILES string of the molecule is O=C(NCc1ccccc1Cl)c1ccc(Nc2ccc(F)cc2)nn1. The third-order valence-corrected chi connectivity index (χ3v) is 3.78. The summed E-state index contributed by atoms with van der Waals surface area (Å²) >= 11 is 6.05. The van der Waals surface area contributed by atoms with Crippen LogP contribution in [-0.4, -0.2) is 16.1 Å². The van der Waals surface area contributed by atoms with E-state index in [1.54, 1.807) is 30.3 Å². The van der Waals surface area contributed by atoms with Crippen LogP contribution in [0.25, 0.3) is 0 Å². The first-order valence-electron chi connectivity index (χ1n) is 7.50. The van der Waals surface area contributed by atoms with Crippen molar-refractivity contribution >= 4 is 29.0 Å². The Hall–Kier alpha value is -2.99. The predicted molar refractivity (Wildman–Crippen MR) is 94.3 cm³/mol. The van der Waals surface area contributed by atoms with Crippen molar-refractivity contribution in [2.75, 3.05) is 5.32 Å². The molecule has 25 heavy (non-hydrogen) atoms. The van der Waals surface area contributed by atoms with Gasteiger partial charge in [-0.1, -0.05) is 29.8 Å². The van der Waals surface area contributed by atoms with Gasteiger partial charge in [-0.3, -0.25) is 4.79 Å². The van der Waals surface area contributed by atoms with Crippen molar-refractivity contribution in [1.82, 2.24) is 15.5 Å². The van der Waals surface area contributed by atoms with E-state index in [0.29, 0.717) is 23.1 Å². The molecule has 1 aromatic heterocycles. The molecule has 3 rings (SSSR count). The number of rotatable bonds is 5. The van der Waals surface area contributed by atoms with Crippen LogP contribution in [0.15, 0.2) is 60.7 Å². The molecular formula is C18H14ClFN4O. The van der Waals surface area contributed by atoms with Gasteiger partial charge in [-0.2, -0.15) is 0 Å². The highest BCUT2D eigenvalue weighted by molar-refractivity contribution is 6.31. The van der Waals surface area contributed by atoms with Crippen molar-refractivity contribution in [3.63, 3.8) is 0 Å². The minimum atomic E-state index is -0.347. The molecule has 0 aliphatic carbocycles. The lowest BCUT2D eigenvalue weighted by Crippen LogP contribution is -2.24. The fraction of sp³-hybridized carbons (Fsp3) is 0.0556. The topological polar surface area (TPSA) is 66.9 Å². The molecular weight excluding hydrogens is 343 g/mol. The zero-order valence-electron chi connectivity index (χ0n) is 13.0. The third kappa shape index (κ3) is 4.51. The van der Waals surface area contributed by atoms with Crippen LogP contribution >= 0.6 is 11.6 Å². The Bertz CT molecular complexity index is 869. The zero-order valence-corrected chi connectivity index (χ0v) is 13.8. The van der Waals surface area contributed by atoms with Gasteiger partial charge in [-0.05, 0) is 48.0 Å². The van der Waals surface area contributed by atoms with E-state index in [9.17, 15) is 9.18 Å². The molecule has 0 atom stereocenters. The summed E-state index contributed by atoms with van der Waals surface area (Å²) in [4.78, 5) is 12.1. The van der Waals surface area contributed by atoms with Crippen LogP contribution in [0.5, 0.6) is 0 Å². The van der Waals surface area contributed by atoms with Crippen molar-refractivity contribution in [1.29, 1.82) is 0 Å². The fourth-order valence-corrected chi connectivity index (χ4v) is 2.31. The van der Waals surface area contributed by atoms with Gasteiger partial charge < -0.3 is 10.6 Å². The highest BCUT2D eigenvalue weighted by atomic mass is 35.5. The Kier molecular flexibility index (Phi) is 5.20. The normalized spacial score (nSPS) is 10.3. The molecule has 0 fully saturated rings. The molecule has 0 unspecified atom stereocenters. The second-order valence-corrected chi connectivity index (χ2v) is 5.62. The summed E-state index contributed by atoms with van der Waals surface area (Å²) in [5.41, 5.74) is 1.68. The highest BCUT2D eigenvalue weighted by Gasteiger charge is 2.09. The molecule has 126 valence electrons. The van der Waals surface area contributed by atoms with Crippen molar-refractivity contribution in [2.45, 2.75) is 6.54 Å². The number of nitrogens with one attached hydrogen (secondary N) is 2. The molecule has 1 amide bonds. The van der Waals surface area contributed by atoms with Gasteiger partial charge in [0.2, 0.25) is 0 Å². The summed E-state index contributed by atoms with van der Waals surface area (Å²) in [6, 6.07) is 16.3. The quantitative estimate of drug-likeness (QED) is 0.726. The molecule has 0 radical (unpaired) electrons. The molecule has 5 nitrogen and oxygen atoms in total. The maximum Gasteiger partial charge on any atom is 0.272 e. The molecule has 0 saturated heterocycles. The largest absolute Gasteiger partial charge is 0.347 e. The number of halogens is 2. The van der Waals surface area contributed by atoms with Crippen molar-refractivity contribution < 1.29 is 9.18 Å². The van der Waals surface area contributed by atoms with Crippen LogP contribution in [-0.2, 0) is 6.54 Å². The first-order valence-corrected chi connectivity index (χ1v) is 7.87. The van der Waals surface area contributed by atoms with E-state index in [1.165, 1.54) is 12.1 Å². The first-order chi connectivity index (χ1) is 12.1.